The normalized spacial score (nSPS) is 29.9. The molecule has 0 amide bonds. The van der Waals surface area contributed by atoms with Crippen molar-refractivity contribution in [1.82, 2.24) is 5.32 Å². The molecular weight excluding hydrogens is 314 g/mol. The molecule has 0 aromatic heterocycles. The van der Waals surface area contributed by atoms with E-state index < -0.39 is 11.0 Å². The van der Waals surface area contributed by atoms with Crippen LogP contribution in [-0.2, 0) is 26.3 Å². The summed E-state index contributed by atoms with van der Waals surface area (Å²) in [5, 5.41) is 3.19. The van der Waals surface area contributed by atoms with E-state index in [0.717, 1.165) is 11.1 Å². The van der Waals surface area contributed by atoms with Gasteiger partial charge in [0.1, 0.15) is 11.0 Å². The van der Waals surface area contributed by atoms with E-state index in [-0.39, 0.29) is 12.1 Å². The first-order chi connectivity index (χ1) is 12.2. The Kier molecular flexibility index (Phi) is 3.89. The molecule has 1 unspecified atom stereocenters. The monoisotopic (exact) mass is 337 g/mol. The minimum absolute atomic E-state index is 0.0438. The molecule has 3 atom stereocenters. The molecule has 1 heterocycles. The highest BCUT2D eigenvalue weighted by atomic mass is 16.5. The van der Waals surface area contributed by atoms with Gasteiger partial charge in [0.2, 0.25) is 0 Å². The number of carbonyl (C=O) groups excluding carboxylic acids is 1. The van der Waals surface area contributed by atoms with Crippen molar-refractivity contribution in [1.29, 1.82) is 0 Å². The lowest BCUT2D eigenvalue weighted by Crippen LogP contribution is -2.46. The van der Waals surface area contributed by atoms with Gasteiger partial charge >= 0.3 is 5.97 Å². The number of esters is 1. The first-order valence-electron chi connectivity index (χ1n) is 8.73. The topological polar surface area (TPSA) is 47.6 Å². The lowest BCUT2D eigenvalue weighted by molar-refractivity contribution is -0.161. The highest BCUT2D eigenvalue weighted by Gasteiger charge is 2.69. The van der Waals surface area contributed by atoms with E-state index >= 15 is 0 Å². The van der Waals surface area contributed by atoms with Crippen molar-refractivity contribution in [2.75, 3.05) is 20.7 Å². The fourth-order valence-electron chi connectivity index (χ4n) is 4.81. The second-order valence-electron chi connectivity index (χ2n) is 6.96. The van der Waals surface area contributed by atoms with Crippen LogP contribution in [0.3, 0.4) is 0 Å². The lowest BCUT2D eigenvalue weighted by Gasteiger charge is -2.38. The van der Waals surface area contributed by atoms with Crippen LogP contribution in [-0.4, -0.2) is 32.8 Å². The Bertz CT molecular complexity index is 791. The van der Waals surface area contributed by atoms with Crippen LogP contribution >= 0.6 is 0 Å². The Morgan fingerprint density at radius 1 is 1.20 bits per heavy atom. The minimum Gasteiger partial charge on any atom is -0.468 e. The number of carbonyl (C=O) groups is 1. The number of hydrogen-bond acceptors (Lipinski definition) is 4. The number of ether oxygens (including phenoxy) is 2. The third kappa shape index (κ3) is 2.11. The molecule has 1 aliphatic carbocycles. The van der Waals surface area contributed by atoms with Crippen LogP contribution in [0.15, 0.2) is 54.6 Å². The molecular formula is C21H23NO3. The largest absolute Gasteiger partial charge is 0.468 e. The van der Waals surface area contributed by atoms with Crippen molar-refractivity contribution >= 4 is 5.97 Å². The number of likely N-dealkylation sites (N-methyl/N-ethyl adjacent to an activating group) is 1. The van der Waals surface area contributed by atoms with Crippen molar-refractivity contribution in [2.24, 2.45) is 5.41 Å². The van der Waals surface area contributed by atoms with Crippen molar-refractivity contribution in [3.8, 4) is 0 Å². The van der Waals surface area contributed by atoms with Crippen LogP contribution in [0.25, 0.3) is 0 Å². The van der Waals surface area contributed by atoms with Gasteiger partial charge in [-0.1, -0.05) is 54.6 Å². The predicted molar refractivity (Wildman–Crippen MR) is 95.2 cm³/mol. The number of fused-ring (bicyclic) bond motifs is 3. The Hall–Kier alpha value is -2.17. The smallest absolute Gasteiger partial charge is 0.315 e. The van der Waals surface area contributed by atoms with Crippen molar-refractivity contribution in [3.63, 3.8) is 0 Å². The second kappa shape index (κ2) is 5.97. The Balaban J connectivity index is 1.98. The molecule has 0 bridgehead atoms. The Labute approximate surface area is 148 Å². The molecule has 0 radical (unpaired) electrons. The summed E-state index contributed by atoms with van der Waals surface area (Å²) in [7, 11) is 3.38. The fourth-order valence-corrected chi connectivity index (χ4v) is 4.81. The zero-order chi connectivity index (χ0) is 17.5. The zero-order valence-electron chi connectivity index (χ0n) is 14.6. The molecule has 1 aliphatic heterocycles. The molecule has 0 spiro atoms. The lowest BCUT2D eigenvalue weighted by atomic mass is 9.68. The molecule has 2 aromatic carbocycles. The standard InChI is InChI=1S/C21H23NO3/c1-22-14-17-13-20(19(23)24-2)12-15-8-6-7-11-18(15)21(20,25-17)16-9-4-3-5-10-16/h3-11,17,22H,12-14H2,1-2H3/t17?,20-,21-/m1/s1. The van der Waals surface area contributed by atoms with Gasteiger partial charge in [0.25, 0.3) is 0 Å². The maximum Gasteiger partial charge on any atom is 0.315 e. The van der Waals surface area contributed by atoms with Gasteiger partial charge in [-0.15, -0.1) is 0 Å². The van der Waals surface area contributed by atoms with E-state index in [0.29, 0.717) is 19.4 Å². The zero-order valence-corrected chi connectivity index (χ0v) is 14.6. The van der Waals surface area contributed by atoms with Crippen LogP contribution in [0.1, 0.15) is 23.1 Å². The Morgan fingerprint density at radius 3 is 2.64 bits per heavy atom. The third-order valence-corrected chi connectivity index (χ3v) is 5.67. The predicted octanol–water partition coefficient (Wildman–Crippen LogP) is 2.65. The van der Waals surface area contributed by atoms with E-state index in [1.807, 2.05) is 37.4 Å². The molecule has 2 aromatic rings. The van der Waals surface area contributed by atoms with Crippen LogP contribution in [0, 0.1) is 5.41 Å². The molecule has 1 saturated heterocycles. The quantitative estimate of drug-likeness (QED) is 0.872. The van der Waals surface area contributed by atoms with Gasteiger partial charge in [-0.05, 0) is 36.6 Å². The van der Waals surface area contributed by atoms with Gasteiger partial charge in [0.15, 0.2) is 0 Å². The maximum atomic E-state index is 13.1. The molecule has 4 rings (SSSR count). The molecule has 1 fully saturated rings. The van der Waals surface area contributed by atoms with Crippen molar-refractivity contribution in [3.05, 3.63) is 71.3 Å². The van der Waals surface area contributed by atoms with E-state index in [4.69, 9.17) is 9.47 Å². The highest BCUT2D eigenvalue weighted by molar-refractivity contribution is 5.83. The molecule has 0 saturated carbocycles. The van der Waals surface area contributed by atoms with Crippen LogP contribution in [0.5, 0.6) is 0 Å². The summed E-state index contributed by atoms with van der Waals surface area (Å²) < 4.78 is 12.0. The van der Waals surface area contributed by atoms with Gasteiger partial charge in [0, 0.05) is 6.54 Å². The summed E-state index contributed by atoms with van der Waals surface area (Å²) in [6.07, 6.45) is 1.24. The van der Waals surface area contributed by atoms with Gasteiger partial charge < -0.3 is 14.8 Å². The van der Waals surface area contributed by atoms with Gasteiger partial charge in [-0.25, -0.2) is 0 Å². The van der Waals surface area contributed by atoms with Gasteiger partial charge in [0.05, 0.1) is 13.2 Å². The van der Waals surface area contributed by atoms with Crippen LogP contribution < -0.4 is 5.32 Å². The van der Waals surface area contributed by atoms with Gasteiger partial charge in [-0.2, -0.15) is 0 Å². The first kappa shape index (κ1) is 16.3. The van der Waals surface area contributed by atoms with E-state index in [2.05, 4.69) is 29.6 Å². The molecule has 130 valence electrons. The summed E-state index contributed by atoms with van der Waals surface area (Å²) in [6.45, 7) is 0.704. The minimum atomic E-state index is -0.792. The second-order valence-corrected chi connectivity index (χ2v) is 6.96. The summed E-state index contributed by atoms with van der Waals surface area (Å²) in [5.41, 5.74) is 1.75. The van der Waals surface area contributed by atoms with E-state index in [9.17, 15) is 4.79 Å². The summed E-state index contributed by atoms with van der Waals surface area (Å²) in [6, 6.07) is 18.3. The van der Waals surface area contributed by atoms with E-state index in [1.54, 1.807) is 0 Å². The first-order valence-corrected chi connectivity index (χ1v) is 8.73. The average Bonchev–Trinajstić information content (AvgIpc) is 3.11. The highest BCUT2D eigenvalue weighted by Crippen LogP contribution is 2.63. The van der Waals surface area contributed by atoms with Crippen LogP contribution in [0.4, 0.5) is 0 Å². The van der Waals surface area contributed by atoms with Crippen molar-refractivity contribution in [2.45, 2.75) is 24.5 Å². The number of hydrogen-bond donors (Lipinski definition) is 1. The average molecular weight is 337 g/mol. The third-order valence-electron chi connectivity index (χ3n) is 5.67. The summed E-state index contributed by atoms with van der Waals surface area (Å²) in [4.78, 5) is 13.1. The number of benzene rings is 2. The molecule has 1 N–H and O–H groups in total. The fraction of sp³-hybridized carbons (Fsp3) is 0.381. The number of nitrogens with one attached hydrogen (secondary N) is 1. The van der Waals surface area contributed by atoms with E-state index in [1.165, 1.54) is 12.7 Å². The number of methoxy groups -OCH3 is 1. The van der Waals surface area contributed by atoms with Crippen molar-refractivity contribution < 1.29 is 14.3 Å². The number of rotatable bonds is 4. The van der Waals surface area contributed by atoms with Crippen LogP contribution in [0.2, 0.25) is 0 Å². The molecule has 4 nitrogen and oxygen atoms in total. The summed E-state index contributed by atoms with van der Waals surface area (Å²) >= 11 is 0. The molecule has 25 heavy (non-hydrogen) atoms. The molecule has 2 aliphatic rings. The molecule has 4 heteroatoms. The maximum absolute atomic E-state index is 13.1. The Morgan fingerprint density at radius 2 is 1.92 bits per heavy atom. The van der Waals surface area contributed by atoms with Gasteiger partial charge in [-0.3, -0.25) is 4.79 Å². The summed E-state index contributed by atoms with van der Waals surface area (Å²) in [5.74, 6) is -0.189. The SMILES string of the molecule is CNCC1C[C@@]2(C(=O)OC)Cc3ccccc3[C@@]2(c2ccccc2)O1.